The van der Waals surface area contributed by atoms with Crippen molar-refractivity contribution >= 4 is 18.5 Å². The molecule has 0 aromatic carbocycles. The first-order chi connectivity index (χ1) is 5.52. The van der Waals surface area contributed by atoms with Crippen LogP contribution in [0, 0.1) is 0 Å². The number of carbonyl (C=O) groups is 1. The molecule has 0 aliphatic carbocycles. The zero-order valence-corrected chi connectivity index (χ0v) is 8.64. The third-order valence-corrected chi connectivity index (χ3v) is 1.22. The molecular weight excluding hydrogens is 172 g/mol. The molecule has 0 heterocycles. The van der Waals surface area contributed by atoms with Gasteiger partial charge >= 0.3 is 0 Å². The third-order valence-electron chi connectivity index (χ3n) is 1.09. The Kier molecular flexibility index (Phi) is 5.84. The summed E-state index contributed by atoms with van der Waals surface area (Å²) in [4.78, 5) is 12.9. The van der Waals surface area contributed by atoms with Crippen LogP contribution in [0.3, 0.4) is 0 Å². The zero-order valence-electron chi connectivity index (χ0n) is 7.74. The molecule has 0 aliphatic rings. The first-order valence-electron chi connectivity index (χ1n) is 3.82. The van der Waals surface area contributed by atoms with Crippen LogP contribution in [0.25, 0.3) is 0 Å². The summed E-state index contributed by atoms with van der Waals surface area (Å²) in [6.07, 6.45) is 3.33. The minimum Gasteiger partial charge on any atom is -0.341 e. The van der Waals surface area contributed by atoms with Crippen molar-refractivity contribution in [1.29, 1.82) is 0 Å². The van der Waals surface area contributed by atoms with Crippen LogP contribution in [0.4, 0.5) is 0 Å². The van der Waals surface area contributed by atoms with Crippen LogP contribution in [0.15, 0.2) is 12.2 Å². The normalized spacial score (nSPS) is 13.8. The topological polar surface area (TPSA) is 32.3 Å². The van der Waals surface area contributed by atoms with Crippen molar-refractivity contribution in [2.75, 3.05) is 20.6 Å². The average Bonchev–Trinajstić information content (AvgIpc) is 1.84. The molecule has 4 heteroatoms. The summed E-state index contributed by atoms with van der Waals surface area (Å²) in [5.74, 6) is -0.0978. The molecule has 0 aromatic rings. The summed E-state index contributed by atoms with van der Waals surface area (Å²) >= 11 is 4.02. The number of hydrogen-bond donors (Lipinski definition) is 2. The van der Waals surface area contributed by atoms with E-state index in [4.69, 9.17) is 0 Å². The van der Waals surface area contributed by atoms with Gasteiger partial charge in [0, 0.05) is 12.6 Å². The average molecular weight is 188 g/mol. The molecule has 3 nitrogen and oxygen atoms in total. The summed E-state index contributed by atoms with van der Waals surface area (Å²) in [5.41, 5.74) is 0. The first kappa shape index (κ1) is 11.5. The molecule has 12 heavy (non-hydrogen) atoms. The lowest BCUT2D eigenvalue weighted by Crippen LogP contribution is -2.26. The van der Waals surface area contributed by atoms with Crippen molar-refractivity contribution in [3.8, 4) is 0 Å². The van der Waals surface area contributed by atoms with Gasteiger partial charge in [0.25, 0.3) is 0 Å². The fourth-order valence-corrected chi connectivity index (χ4v) is 0.752. The van der Waals surface area contributed by atoms with Gasteiger partial charge in [-0.2, -0.15) is 12.6 Å². The van der Waals surface area contributed by atoms with Crippen molar-refractivity contribution in [2.45, 2.75) is 12.3 Å². The predicted octanol–water partition coefficient (Wildman–Crippen LogP) is 0.496. The molecule has 0 saturated carbocycles. The monoisotopic (exact) mass is 188 g/mol. The quantitative estimate of drug-likeness (QED) is 0.382. The Balaban J connectivity index is 3.61. The molecule has 0 radical (unpaired) electrons. The molecule has 0 spiro atoms. The second kappa shape index (κ2) is 6.08. The predicted molar refractivity (Wildman–Crippen MR) is 54.3 cm³/mol. The first-order valence-corrected chi connectivity index (χ1v) is 4.34. The largest absolute Gasteiger partial charge is 0.341 e. The Morgan fingerprint density at radius 2 is 2.25 bits per heavy atom. The van der Waals surface area contributed by atoms with Gasteiger partial charge in [0.05, 0.1) is 5.37 Å². The molecule has 0 rings (SSSR count). The van der Waals surface area contributed by atoms with E-state index in [1.165, 1.54) is 6.08 Å². The Bertz CT molecular complexity index is 166. The Morgan fingerprint density at radius 3 is 2.67 bits per heavy atom. The Hall–Kier alpha value is -0.480. The van der Waals surface area contributed by atoms with Crippen molar-refractivity contribution in [1.82, 2.24) is 10.2 Å². The summed E-state index contributed by atoms with van der Waals surface area (Å²) < 4.78 is 0. The summed E-state index contributed by atoms with van der Waals surface area (Å²) in [7, 11) is 3.90. The fraction of sp³-hybridized carbons (Fsp3) is 0.625. The SMILES string of the molecule is CC(S)NC(=O)/C=C/CN(C)C. The molecule has 1 N–H and O–H groups in total. The van der Waals surface area contributed by atoms with Crippen molar-refractivity contribution in [3.05, 3.63) is 12.2 Å². The fourth-order valence-electron chi connectivity index (χ4n) is 0.625. The van der Waals surface area contributed by atoms with Gasteiger partial charge in [-0.3, -0.25) is 4.79 Å². The third kappa shape index (κ3) is 7.63. The maximum Gasteiger partial charge on any atom is 0.244 e. The second-order valence-electron chi connectivity index (χ2n) is 2.85. The van der Waals surface area contributed by atoms with Crippen molar-refractivity contribution in [2.24, 2.45) is 0 Å². The van der Waals surface area contributed by atoms with E-state index in [2.05, 4.69) is 17.9 Å². The van der Waals surface area contributed by atoms with Crippen LogP contribution in [0.2, 0.25) is 0 Å². The number of amides is 1. The minimum atomic E-state index is -0.0978. The highest BCUT2D eigenvalue weighted by Gasteiger charge is 1.96. The van der Waals surface area contributed by atoms with Gasteiger partial charge in [-0.15, -0.1) is 0 Å². The lowest BCUT2D eigenvalue weighted by molar-refractivity contribution is -0.116. The van der Waals surface area contributed by atoms with Crippen LogP contribution >= 0.6 is 12.6 Å². The second-order valence-corrected chi connectivity index (χ2v) is 3.62. The summed E-state index contributed by atoms with van der Waals surface area (Å²) in [6, 6.07) is 0. The maximum atomic E-state index is 11.0. The zero-order chi connectivity index (χ0) is 9.56. The van der Waals surface area contributed by atoms with Crippen LogP contribution < -0.4 is 5.32 Å². The van der Waals surface area contributed by atoms with Gasteiger partial charge in [0.1, 0.15) is 0 Å². The Labute approximate surface area is 79.2 Å². The van der Waals surface area contributed by atoms with E-state index in [0.717, 1.165) is 6.54 Å². The van der Waals surface area contributed by atoms with Crippen LogP contribution in [0.1, 0.15) is 6.92 Å². The number of nitrogens with one attached hydrogen (secondary N) is 1. The van der Waals surface area contributed by atoms with E-state index in [9.17, 15) is 4.79 Å². The minimum absolute atomic E-state index is 0.0958. The number of hydrogen-bond acceptors (Lipinski definition) is 3. The molecule has 70 valence electrons. The van der Waals surface area contributed by atoms with E-state index in [0.29, 0.717) is 0 Å². The van der Waals surface area contributed by atoms with Gasteiger partial charge in [-0.25, -0.2) is 0 Å². The van der Waals surface area contributed by atoms with Gasteiger partial charge in [-0.05, 0) is 21.0 Å². The molecule has 1 atom stereocenters. The molecule has 1 unspecified atom stereocenters. The van der Waals surface area contributed by atoms with Crippen LogP contribution in [-0.4, -0.2) is 36.8 Å². The molecule has 0 saturated heterocycles. The number of nitrogens with zero attached hydrogens (tertiary/aromatic N) is 1. The van der Waals surface area contributed by atoms with Gasteiger partial charge in [0.2, 0.25) is 5.91 Å². The lowest BCUT2D eigenvalue weighted by atomic mass is 10.4. The van der Waals surface area contributed by atoms with Gasteiger partial charge in [-0.1, -0.05) is 6.08 Å². The number of thiol groups is 1. The maximum absolute atomic E-state index is 11.0. The molecule has 0 fully saturated rings. The number of rotatable bonds is 4. The molecule has 0 bridgehead atoms. The highest BCUT2D eigenvalue weighted by atomic mass is 32.1. The van der Waals surface area contributed by atoms with Crippen LogP contribution in [0.5, 0.6) is 0 Å². The number of likely N-dealkylation sites (N-methyl/N-ethyl adjacent to an activating group) is 1. The molecular formula is C8H16N2OS. The van der Waals surface area contributed by atoms with Crippen LogP contribution in [-0.2, 0) is 4.79 Å². The molecule has 0 aromatic heterocycles. The van der Waals surface area contributed by atoms with E-state index < -0.39 is 0 Å². The van der Waals surface area contributed by atoms with E-state index in [-0.39, 0.29) is 11.3 Å². The van der Waals surface area contributed by atoms with Gasteiger partial charge in [0.15, 0.2) is 0 Å². The van der Waals surface area contributed by atoms with E-state index >= 15 is 0 Å². The van der Waals surface area contributed by atoms with E-state index in [1.807, 2.05) is 25.1 Å². The van der Waals surface area contributed by atoms with E-state index in [1.54, 1.807) is 6.92 Å². The highest BCUT2D eigenvalue weighted by molar-refractivity contribution is 7.80. The molecule has 1 amide bonds. The summed E-state index contributed by atoms with van der Waals surface area (Å²) in [5, 5.41) is 2.54. The standard InChI is InChI=1S/C8H16N2OS/c1-7(12)9-8(11)5-4-6-10(2)3/h4-5,7,12H,6H2,1-3H3,(H,9,11)/b5-4+. The highest BCUT2D eigenvalue weighted by Crippen LogP contribution is 1.86. The van der Waals surface area contributed by atoms with Crippen molar-refractivity contribution < 1.29 is 4.79 Å². The Morgan fingerprint density at radius 1 is 1.67 bits per heavy atom. The molecule has 0 aliphatic heterocycles. The van der Waals surface area contributed by atoms with Crippen molar-refractivity contribution in [3.63, 3.8) is 0 Å². The lowest BCUT2D eigenvalue weighted by Gasteiger charge is -2.05. The van der Waals surface area contributed by atoms with Gasteiger partial charge < -0.3 is 10.2 Å². The smallest absolute Gasteiger partial charge is 0.244 e. The number of carbonyl (C=O) groups excluding carboxylic acids is 1. The summed E-state index contributed by atoms with van der Waals surface area (Å²) in [6.45, 7) is 2.58.